The van der Waals surface area contributed by atoms with Crippen molar-refractivity contribution < 1.29 is 4.79 Å². The molecule has 0 aromatic carbocycles. The molecule has 1 amide bonds. The molecule has 0 aliphatic carbocycles. The molecule has 0 bridgehead atoms. The highest BCUT2D eigenvalue weighted by Gasteiger charge is 2.27. The molecular formula is C13H27ClN2O. The Bertz CT molecular complexity index is 233. The number of likely N-dealkylation sites (tertiary alicyclic amines) is 1. The third-order valence-electron chi connectivity index (χ3n) is 3.88. The zero-order valence-electron chi connectivity index (χ0n) is 11.3. The Balaban J connectivity index is 0.00000256. The third kappa shape index (κ3) is 4.84. The van der Waals surface area contributed by atoms with Crippen LogP contribution in [0.25, 0.3) is 0 Å². The number of halogens is 1. The van der Waals surface area contributed by atoms with Crippen LogP contribution in [0.4, 0.5) is 0 Å². The van der Waals surface area contributed by atoms with Crippen LogP contribution in [0.15, 0.2) is 0 Å². The summed E-state index contributed by atoms with van der Waals surface area (Å²) < 4.78 is 0. The summed E-state index contributed by atoms with van der Waals surface area (Å²) in [7, 11) is 0. The SMILES string of the molecule is CCC(CC(=O)N1CCC(CN)C1)C(C)C.Cl. The molecule has 17 heavy (non-hydrogen) atoms. The zero-order chi connectivity index (χ0) is 12.1. The second-order valence-corrected chi connectivity index (χ2v) is 5.35. The smallest absolute Gasteiger partial charge is 0.222 e. The number of hydrogen-bond donors (Lipinski definition) is 1. The van der Waals surface area contributed by atoms with Crippen molar-refractivity contribution in [3.63, 3.8) is 0 Å². The van der Waals surface area contributed by atoms with E-state index in [-0.39, 0.29) is 12.4 Å². The molecule has 4 heteroatoms. The molecule has 2 unspecified atom stereocenters. The van der Waals surface area contributed by atoms with Gasteiger partial charge in [0.05, 0.1) is 0 Å². The predicted molar refractivity (Wildman–Crippen MR) is 74.2 cm³/mol. The largest absolute Gasteiger partial charge is 0.342 e. The van der Waals surface area contributed by atoms with E-state index < -0.39 is 0 Å². The highest BCUT2D eigenvalue weighted by Crippen LogP contribution is 2.22. The summed E-state index contributed by atoms with van der Waals surface area (Å²) in [6.07, 6.45) is 2.89. The Hall–Kier alpha value is -0.280. The molecule has 0 aromatic rings. The highest BCUT2D eigenvalue weighted by atomic mass is 35.5. The summed E-state index contributed by atoms with van der Waals surface area (Å²) in [6.45, 7) is 9.08. The molecule has 2 N–H and O–H groups in total. The van der Waals surface area contributed by atoms with Crippen molar-refractivity contribution in [2.45, 2.75) is 40.0 Å². The molecule has 0 saturated carbocycles. The van der Waals surface area contributed by atoms with Crippen LogP contribution in [0.3, 0.4) is 0 Å². The lowest BCUT2D eigenvalue weighted by Crippen LogP contribution is -2.32. The van der Waals surface area contributed by atoms with E-state index >= 15 is 0 Å². The van der Waals surface area contributed by atoms with Crippen molar-refractivity contribution in [3.05, 3.63) is 0 Å². The van der Waals surface area contributed by atoms with Crippen LogP contribution >= 0.6 is 12.4 Å². The van der Waals surface area contributed by atoms with Crippen LogP contribution in [0.2, 0.25) is 0 Å². The van der Waals surface area contributed by atoms with Gasteiger partial charge in [-0.15, -0.1) is 12.4 Å². The van der Waals surface area contributed by atoms with Crippen LogP contribution in [0.1, 0.15) is 40.0 Å². The monoisotopic (exact) mass is 262 g/mol. The number of rotatable bonds is 5. The van der Waals surface area contributed by atoms with E-state index in [1.807, 2.05) is 4.90 Å². The fraction of sp³-hybridized carbons (Fsp3) is 0.923. The van der Waals surface area contributed by atoms with Crippen molar-refractivity contribution >= 4 is 18.3 Å². The quantitative estimate of drug-likeness (QED) is 0.826. The minimum absolute atomic E-state index is 0. The van der Waals surface area contributed by atoms with Gasteiger partial charge in [0.15, 0.2) is 0 Å². The number of carbonyl (C=O) groups excluding carboxylic acids is 1. The van der Waals surface area contributed by atoms with Crippen LogP contribution in [-0.4, -0.2) is 30.4 Å². The van der Waals surface area contributed by atoms with E-state index in [9.17, 15) is 4.79 Å². The van der Waals surface area contributed by atoms with Gasteiger partial charge in [-0.1, -0.05) is 27.2 Å². The van der Waals surface area contributed by atoms with Crippen LogP contribution in [-0.2, 0) is 4.79 Å². The van der Waals surface area contributed by atoms with Gasteiger partial charge in [-0.2, -0.15) is 0 Å². The summed E-state index contributed by atoms with van der Waals surface area (Å²) in [5.41, 5.74) is 5.63. The van der Waals surface area contributed by atoms with Crippen molar-refractivity contribution in [3.8, 4) is 0 Å². The lowest BCUT2D eigenvalue weighted by Gasteiger charge is -2.22. The summed E-state index contributed by atoms with van der Waals surface area (Å²) in [4.78, 5) is 14.1. The summed E-state index contributed by atoms with van der Waals surface area (Å²) in [5, 5.41) is 0. The summed E-state index contributed by atoms with van der Waals surface area (Å²) in [5.74, 6) is 1.99. The average molecular weight is 263 g/mol. The number of nitrogens with two attached hydrogens (primary N) is 1. The van der Waals surface area contributed by atoms with E-state index in [2.05, 4.69) is 20.8 Å². The van der Waals surface area contributed by atoms with E-state index in [0.29, 0.717) is 36.6 Å². The molecule has 1 fully saturated rings. The van der Waals surface area contributed by atoms with Gasteiger partial charge in [0.25, 0.3) is 0 Å². The van der Waals surface area contributed by atoms with Gasteiger partial charge in [-0.25, -0.2) is 0 Å². The Morgan fingerprint density at radius 2 is 2.12 bits per heavy atom. The predicted octanol–water partition coefficient (Wildman–Crippen LogP) is 2.29. The lowest BCUT2D eigenvalue weighted by atomic mass is 9.90. The molecule has 0 aromatic heterocycles. The molecule has 0 spiro atoms. The maximum absolute atomic E-state index is 12.1. The normalized spacial score (nSPS) is 21.5. The summed E-state index contributed by atoms with van der Waals surface area (Å²) >= 11 is 0. The Morgan fingerprint density at radius 1 is 1.47 bits per heavy atom. The van der Waals surface area contributed by atoms with Gasteiger partial charge in [0, 0.05) is 19.5 Å². The Kier molecular flexibility index (Phi) is 7.80. The van der Waals surface area contributed by atoms with E-state index in [0.717, 1.165) is 25.9 Å². The fourth-order valence-electron chi connectivity index (χ4n) is 2.46. The van der Waals surface area contributed by atoms with Gasteiger partial charge in [0.1, 0.15) is 0 Å². The van der Waals surface area contributed by atoms with Gasteiger partial charge in [-0.3, -0.25) is 4.79 Å². The number of hydrogen-bond acceptors (Lipinski definition) is 2. The molecule has 1 saturated heterocycles. The zero-order valence-corrected chi connectivity index (χ0v) is 12.1. The number of amides is 1. The molecule has 1 aliphatic rings. The Labute approximate surface area is 112 Å². The first-order valence-corrected chi connectivity index (χ1v) is 6.56. The highest BCUT2D eigenvalue weighted by molar-refractivity contribution is 5.85. The first-order chi connectivity index (χ1) is 7.58. The molecule has 3 nitrogen and oxygen atoms in total. The van der Waals surface area contributed by atoms with Gasteiger partial charge in [-0.05, 0) is 30.7 Å². The second kappa shape index (κ2) is 7.93. The van der Waals surface area contributed by atoms with Crippen LogP contribution in [0.5, 0.6) is 0 Å². The van der Waals surface area contributed by atoms with Crippen molar-refractivity contribution in [1.29, 1.82) is 0 Å². The molecule has 0 radical (unpaired) electrons. The van der Waals surface area contributed by atoms with E-state index in [1.165, 1.54) is 0 Å². The first kappa shape index (κ1) is 16.7. The lowest BCUT2D eigenvalue weighted by molar-refractivity contribution is -0.131. The minimum atomic E-state index is 0. The van der Waals surface area contributed by atoms with Crippen LogP contribution < -0.4 is 5.73 Å². The second-order valence-electron chi connectivity index (χ2n) is 5.35. The molecular weight excluding hydrogens is 236 g/mol. The molecule has 1 heterocycles. The van der Waals surface area contributed by atoms with Gasteiger partial charge < -0.3 is 10.6 Å². The standard InChI is InChI=1S/C13H26N2O.ClH/c1-4-12(10(2)3)7-13(16)15-6-5-11(8-14)9-15;/h10-12H,4-9,14H2,1-3H3;1H. The topological polar surface area (TPSA) is 46.3 Å². The average Bonchev–Trinajstić information content (AvgIpc) is 2.73. The first-order valence-electron chi connectivity index (χ1n) is 6.56. The molecule has 102 valence electrons. The van der Waals surface area contributed by atoms with Gasteiger partial charge in [0.2, 0.25) is 5.91 Å². The number of carbonyl (C=O) groups is 1. The van der Waals surface area contributed by atoms with Gasteiger partial charge >= 0.3 is 0 Å². The molecule has 1 rings (SSSR count). The van der Waals surface area contributed by atoms with Crippen molar-refractivity contribution in [2.75, 3.05) is 19.6 Å². The van der Waals surface area contributed by atoms with E-state index in [1.54, 1.807) is 0 Å². The third-order valence-corrected chi connectivity index (χ3v) is 3.88. The van der Waals surface area contributed by atoms with Crippen molar-refractivity contribution in [2.24, 2.45) is 23.5 Å². The maximum atomic E-state index is 12.1. The molecule has 1 aliphatic heterocycles. The fourth-order valence-corrected chi connectivity index (χ4v) is 2.46. The Morgan fingerprint density at radius 3 is 2.53 bits per heavy atom. The molecule has 2 atom stereocenters. The number of nitrogens with zero attached hydrogens (tertiary/aromatic N) is 1. The van der Waals surface area contributed by atoms with Crippen molar-refractivity contribution in [1.82, 2.24) is 4.90 Å². The summed E-state index contributed by atoms with van der Waals surface area (Å²) in [6, 6.07) is 0. The maximum Gasteiger partial charge on any atom is 0.222 e. The van der Waals surface area contributed by atoms with E-state index in [4.69, 9.17) is 5.73 Å². The van der Waals surface area contributed by atoms with Crippen LogP contribution in [0, 0.1) is 17.8 Å². The minimum Gasteiger partial charge on any atom is -0.342 e.